The summed E-state index contributed by atoms with van der Waals surface area (Å²) in [5.41, 5.74) is 5.21. The van der Waals surface area contributed by atoms with Gasteiger partial charge >= 0.3 is 0 Å². The molecule has 0 radical (unpaired) electrons. The maximum Gasteiger partial charge on any atom is 0.123 e. The highest BCUT2D eigenvalue weighted by molar-refractivity contribution is 5.27. The minimum Gasteiger partial charge on any atom is -0.271 e. The number of hydrazine groups is 1. The van der Waals surface area contributed by atoms with Crippen LogP contribution in [0.1, 0.15) is 50.7 Å². The number of hydrogen-bond acceptors (Lipinski definition) is 2. The molecule has 1 aromatic rings. The molecular weight excluding hydrogens is 263 g/mol. The molecule has 2 rings (SSSR count). The van der Waals surface area contributed by atoms with Crippen LogP contribution in [0.25, 0.3) is 0 Å². The molecule has 1 aromatic carbocycles. The topological polar surface area (TPSA) is 38.0 Å². The molecule has 2 nitrogen and oxygen atoms in total. The van der Waals surface area contributed by atoms with Gasteiger partial charge in [-0.05, 0) is 80.0 Å². The lowest BCUT2D eigenvalue weighted by Gasteiger charge is -2.35. The molecule has 1 saturated carbocycles. The third kappa shape index (κ3) is 4.27. The van der Waals surface area contributed by atoms with Gasteiger partial charge in [-0.3, -0.25) is 11.3 Å². The number of halogens is 1. The lowest BCUT2D eigenvalue weighted by Crippen LogP contribution is -2.44. The van der Waals surface area contributed by atoms with E-state index in [4.69, 9.17) is 5.84 Å². The fourth-order valence-electron chi connectivity index (χ4n) is 3.67. The number of benzene rings is 1. The van der Waals surface area contributed by atoms with Gasteiger partial charge < -0.3 is 0 Å². The molecule has 3 N–H and O–H groups in total. The van der Waals surface area contributed by atoms with E-state index in [-0.39, 0.29) is 11.9 Å². The number of hydrogen-bond donors (Lipinski definition) is 2. The van der Waals surface area contributed by atoms with Crippen molar-refractivity contribution in [3.8, 4) is 0 Å². The molecular formula is C18H29FN2. The molecule has 0 amide bonds. The first-order valence-electron chi connectivity index (χ1n) is 8.22. The van der Waals surface area contributed by atoms with Gasteiger partial charge in [-0.1, -0.05) is 19.9 Å². The van der Waals surface area contributed by atoms with E-state index in [9.17, 15) is 4.39 Å². The van der Waals surface area contributed by atoms with Crippen LogP contribution in [-0.4, -0.2) is 6.04 Å². The van der Waals surface area contributed by atoms with E-state index < -0.39 is 0 Å². The summed E-state index contributed by atoms with van der Waals surface area (Å²) in [6.07, 6.45) is 5.86. The standard InChI is InChI=1S/C18H29FN2/c1-12(2)14-5-7-15(8-6-14)18(21-20)11-16-10-17(19)9-4-13(16)3/h4,9-10,12,14-15,18,21H,5-8,11,20H2,1-3H3. The summed E-state index contributed by atoms with van der Waals surface area (Å²) in [4.78, 5) is 0. The largest absolute Gasteiger partial charge is 0.271 e. The zero-order valence-corrected chi connectivity index (χ0v) is 13.5. The third-order valence-corrected chi connectivity index (χ3v) is 5.29. The van der Waals surface area contributed by atoms with Gasteiger partial charge in [0.2, 0.25) is 0 Å². The fraction of sp³-hybridized carbons (Fsp3) is 0.667. The summed E-state index contributed by atoms with van der Waals surface area (Å²) in [6.45, 7) is 6.68. The van der Waals surface area contributed by atoms with Crippen LogP contribution in [0, 0.1) is 30.5 Å². The highest BCUT2D eigenvalue weighted by atomic mass is 19.1. The molecule has 0 bridgehead atoms. The van der Waals surface area contributed by atoms with Crippen molar-refractivity contribution in [1.29, 1.82) is 0 Å². The third-order valence-electron chi connectivity index (χ3n) is 5.29. The lowest BCUT2D eigenvalue weighted by molar-refractivity contribution is 0.188. The van der Waals surface area contributed by atoms with Crippen LogP contribution < -0.4 is 11.3 Å². The number of rotatable bonds is 5. The van der Waals surface area contributed by atoms with Crippen LogP contribution in [0.5, 0.6) is 0 Å². The Morgan fingerprint density at radius 1 is 1.19 bits per heavy atom. The van der Waals surface area contributed by atoms with Crippen molar-refractivity contribution in [3.63, 3.8) is 0 Å². The predicted octanol–water partition coefficient (Wildman–Crippen LogP) is 3.97. The van der Waals surface area contributed by atoms with E-state index in [1.54, 1.807) is 6.07 Å². The molecule has 1 fully saturated rings. The highest BCUT2D eigenvalue weighted by Crippen LogP contribution is 2.35. The molecule has 3 heteroatoms. The van der Waals surface area contributed by atoms with Gasteiger partial charge in [0.15, 0.2) is 0 Å². The van der Waals surface area contributed by atoms with E-state index in [1.165, 1.54) is 31.7 Å². The van der Waals surface area contributed by atoms with Crippen LogP contribution in [0.15, 0.2) is 18.2 Å². The first-order chi connectivity index (χ1) is 10.0. The number of aryl methyl sites for hydroxylation is 1. The second-order valence-electron chi connectivity index (χ2n) is 6.97. The van der Waals surface area contributed by atoms with Crippen molar-refractivity contribution in [2.24, 2.45) is 23.6 Å². The monoisotopic (exact) mass is 292 g/mol. The summed E-state index contributed by atoms with van der Waals surface area (Å²) in [6, 6.07) is 5.28. The van der Waals surface area contributed by atoms with E-state index in [2.05, 4.69) is 19.3 Å². The summed E-state index contributed by atoms with van der Waals surface area (Å²) in [5, 5.41) is 0. The quantitative estimate of drug-likeness (QED) is 0.636. The van der Waals surface area contributed by atoms with E-state index >= 15 is 0 Å². The minimum absolute atomic E-state index is 0.158. The van der Waals surface area contributed by atoms with E-state index in [1.807, 2.05) is 13.0 Å². The molecule has 0 heterocycles. The second kappa shape index (κ2) is 7.37. The van der Waals surface area contributed by atoms with Crippen LogP contribution in [0.3, 0.4) is 0 Å². The van der Waals surface area contributed by atoms with Gasteiger partial charge in [-0.25, -0.2) is 4.39 Å². The SMILES string of the molecule is Cc1ccc(F)cc1CC(NN)C1CCC(C(C)C)CC1. The van der Waals surface area contributed by atoms with Gasteiger partial charge in [-0.2, -0.15) is 0 Å². The molecule has 1 aliphatic carbocycles. The average molecular weight is 292 g/mol. The fourth-order valence-corrected chi connectivity index (χ4v) is 3.67. The molecule has 21 heavy (non-hydrogen) atoms. The highest BCUT2D eigenvalue weighted by Gasteiger charge is 2.28. The molecule has 1 atom stereocenters. The maximum absolute atomic E-state index is 13.4. The van der Waals surface area contributed by atoms with Crippen molar-refractivity contribution in [2.45, 2.75) is 58.9 Å². The predicted molar refractivity (Wildman–Crippen MR) is 86.2 cm³/mol. The molecule has 1 aliphatic rings. The summed E-state index contributed by atoms with van der Waals surface area (Å²) in [5.74, 6) is 7.87. The van der Waals surface area contributed by atoms with Crippen molar-refractivity contribution in [1.82, 2.24) is 5.43 Å². The zero-order chi connectivity index (χ0) is 15.4. The maximum atomic E-state index is 13.4. The first kappa shape index (κ1) is 16.4. The molecule has 0 aromatic heterocycles. The minimum atomic E-state index is -0.158. The van der Waals surface area contributed by atoms with Crippen molar-refractivity contribution < 1.29 is 4.39 Å². The zero-order valence-electron chi connectivity index (χ0n) is 13.5. The Bertz CT molecular complexity index is 451. The molecule has 0 aliphatic heterocycles. The Balaban J connectivity index is 1.99. The molecule has 0 saturated heterocycles. The van der Waals surface area contributed by atoms with Crippen LogP contribution in [0.2, 0.25) is 0 Å². The van der Waals surface area contributed by atoms with E-state index in [0.29, 0.717) is 5.92 Å². The molecule has 0 spiro atoms. The van der Waals surface area contributed by atoms with Crippen molar-refractivity contribution in [3.05, 3.63) is 35.1 Å². The van der Waals surface area contributed by atoms with Crippen LogP contribution >= 0.6 is 0 Å². The Hall–Kier alpha value is -0.930. The summed E-state index contributed by atoms with van der Waals surface area (Å²) < 4.78 is 13.4. The van der Waals surface area contributed by atoms with Crippen LogP contribution in [-0.2, 0) is 6.42 Å². The molecule has 1 unspecified atom stereocenters. The van der Waals surface area contributed by atoms with Crippen molar-refractivity contribution >= 4 is 0 Å². The van der Waals surface area contributed by atoms with Gasteiger partial charge in [0.05, 0.1) is 0 Å². The number of nitrogens with one attached hydrogen (secondary N) is 1. The Labute approximate surface area is 128 Å². The van der Waals surface area contributed by atoms with Gasteiger partial charge in [0.25, 0.3) is 0 Å². The van der Waals surface area contributed by atoms with Gasteiger partial charge in [-0.15, -0.1) is 0 Å². The van der Waals surface area contributed by atoms with Gasteiger partial charge in [0, 0.05) is 6.04 Å². The number of nitrogens with two attached hydrogens (primary N) is 1. The lowest BCUT2D eigenvalue weighted by atomic mass is 9.73. The normalized spacial score (nSPS) is 24.3. The van der Waals surface area contributed by atoms with E-state index in [0.717, 1.165) is 29.4 Å². The summed E-state index contributed by atoms with van der Waals surface area (Å²) in [7, 11) is 0. The molecule has 118 valence electrons. The summed E-state index contributed by atoms with van der Waals surface area (Å²) >= 11 is 0. The Kier molecular flexibility index (Phi) is 5.77. The van der Waals surface area contributed by atoms with Crippen molar-refractivity contribution in [2.75, 3.05) is 0 Å². The average Bonchev–Trinajstić information content (AvgIpc) is 2.48. The Morgan fingerprint density at radius 3 is 2.38 bits per heavy atom. The smallest absolute Gasteiger partial charge is 0.123 e. The second-order valence-corrected chi connectivity index (χ2v) is 6.97. The van der Waals surface area contributed by atoms with Crippen LogP contribution in [0.4, 0.5) is 4.39 Å². The first-order valence-corrected chi connectivity index (χ1v) is 8.22. The Morgan fingerprint density at radius 2 is 1.81 bits per heavy atom. The van der Waals surface area contributed by atoms with Gasteiger partial charge in [0.1, 0.15) is 5.82 Å².